The Morgan fingerprint density at radius 1 is 1.21 bits per heavy atom. The van der Waals surface area contributed by atoms with Crippen molar-refractivity contribution < 1.29 is 22.7 Å². The van der Waals surface area contributed by atoms with Crippen LogP contribution in [0.15, 0.2) is 46.0 Å². The van der Waals surface area contributed by atoms with Crippen LogP contribution < -0.4 is 15.4 Å². The van der Waals surface area contributed by atoms with Crippen LogP contribution in [0.1, 0.15) is 12.2 Å². The molecule has 0 saturated carbocycles. The Morgan fingerprint density at radius 2 is 2.11 bits per heavy atom. The van der Waals surface area contributed by atoms with Crippen molar-refractivity contribution in [1.82, 2.24) is 10.6 Å². The zero-order chi connectivity index (χ0) is 19.6. The third-order valence-corrected chi connectivity index (χ3v) is 4.32. The van der Waals surface area contributed by atoms with Crippen LogP contribution in [0.3, 0.4) is 0 Å². The van der Waals surface area contributed by atoms with Gasteiger partial charge in [-0.2, -0.15) is 0 Å². The maximum absolute atomic E-state index is 13.6. The summed E-state index contributed by atoms with van der Waals surface area (Å²) in [7, 11) is 0. The van der Waals surface area contributed by atoms with Gasteiger partial charge in [0.2, 0.25) is 0 Å². The summed E-state index contributed by atoms with van der Waals surface area (Å²) in [6.07, 6.45) is 3.39. The molecule has 1 aliphatic heterocycles. The van der Waals surface area contributed by atoms with Crippen LogP contribution in [0.25, 0.3) is 0 Å². The SMILES string of the molecule is Fc1ccc(OCCNC(=NCC2CCOC2)NCCc2ccco2)c(F)c1. The van der Waals surface area contributed by atoms with Crippen molar-refractivity contribution in [2.45, 2.75) is 12.8 Å². The monoisotopic (exact) mass is 393 g/mol. The molecule has 0 amide bonds. The summed E-state index contributed by atoms with van der Waals surface area (Å²) in [6.45, 7) is 3.48. The van der Waals surface area contributed by atoms with Gasteiger partial charge in [-0.1, -0.05) is 0 Å². The van der Waals surface area contributed by atoms with Gasteiger partial charge in [-0.25, -0.2) is 8.78 Å². The van der Waals surface area contributed by atoms with Crippen molar-refractivity contribution in [3.63, 3.8) is 0 Å². The van der Waals surface area contributed by atoms with E-state index in [2.05, 4.69) is 15.6 Å². The molecule has 0 aliphatic carbocycles. The highest BCUT2D eigenvalue weighted by atomic mass is 19.1. The average Bonchev–Trinajstić information content (AvgIpc) is 3.38. The summed E-state index contributed by atoms with van der Waals surface area (Å²) in [4.78, 5) is 4.60. The van der Waals surface area contributed by atoms with Gasteiger partial charge < -0.3 is 24.5 Å². The predicted octanol–water partition coefficient (Wildman–Crippen LogP) is 2.75. The molecule has 152 valence electrons. The molecule has 0 bridgehead atoms. The van der Waals surface area contributed by atoms with E-state index in [9.17, 15) is 8.78 Å². The molecule has 6 nitrogen and oxygen atoms in total. The first kappa shape index (κ1) is 20.1. The van der Waals surface area contributed by atoms with Crippen molar-refractivity contribution in [1.29, 1.82) is 0 Å². The van der Waals surface area contributed by atoms with Crippen LogP contribution in [-0.2, 0) is 11.2 Å². The van der Waals surface area contributed by atoms with E-state index >= 15 is 0 Å². The molecule has 0 radical (unpaired) electrons. The molecule has 28 heavy (non-hydrogen) atoms. The first-order chi connectivity index (χ1) is 13.7. The highest BCUT2D eigenvalue weighted by Crippen LogP contribution is 2.17. The van der Waals surface area contributed by atoms with E-state index in [4.69, 9.17) is 13.9 Å². The molecule has 1 saturated heterocycles. The van der Waals surface area contributed by atoms with Gasteiger partial charge in [0.1, 0.15) is 18.2 Å². The summed E-state index contributed by atoms with van der Waals surface area (Å²) in [5, 5.41) is 6.43. The first-order valence-corrected chi connectivity index (χ1v) is 9.41. The first-order valence-electron chi connectivity index (χ1n) is 9.41. The third kappa shape index (κ3) is 6.53. The number of nitrogens with zero attached hydrogens (tertiary/aromatic N) is 1. The quantitative estimate of drug-likeness (QED) is 0.390. The summed E-state index contributed by atoms with van der Waals surface area (Å²) < 4.78 is 42.6. The minimum atomic E-state index is -0.716. The molecule has 1 fully saturated rings. The summed E-state index contributed by atoms with van der Waals surface area (Å²) >= 11 is 0. The molecule has 0 spiro atoms. The molecule has 1 aliphatic rings. The van der Waals surface area contributed by atoms with Gasteiger partial charge in [0.05, 0.1) is 19.4 Å². The molecule has 2 N–H and O–H groups in total. The lowest BCUT2D eigenvalue weighted by atomic mass is 10.1. The second-order valence-corrected chi connectivity index (χ2v) is 6.53. The van der Waals surface area contributed by atoms with Crippen molar-refractivity contribution in [2.75, 3.05) is 39.5 Å². The zero-order valence-electron chi connectivity index (χ0n) is 15.6. The fraction of sp³-hybridized carbons (Fsp3) is 0.450. The highest BCUT2D eigenvalue weighted by molar-refractivity contribution is 5.79. The molecule has 1 unspecified atom stereocenters. The van der Waals surface area contributed by atoms with Gasteiger partial charge >= 0.3 is 0 Å². The standard InChI is InChI=1S/C20H25F2N3O3/c21-16-3-4-19(18(22)12-16)28-11-8-24-20(25-13-15-6-10-26-14-15)23-7-5-17-2-1-9-27-17/h1-4,9,12,15H,5-8,10-11,13-14H2,(H2,23,24,25). The third-order valence-electron chi connectivity index (χ3n) is 4.32. The molecule has 1 aromatic heterocycles. The molecule has 8 heteroatoms. The number of hydrogen-bond donors (Lipinski definition) is 2. The van der Waals surface area contributed by atoms with Gasteiger partial charge in [-0.3, -0.25) is 4.99 Å². The lowest BCUT2D eigenvalue weighted by molar-refractivity contribution is 0.187. The van der Waals surface area contributed by atoms with Crippen molar-refractivity contribution in [2.24, 2.45) is 10.9 Å². The van der Waals surface area contributed by atoms with E-state index < -0.39 is 11.6 Å². The van der Waals surface area contributed by atoms with E-state index in [0.29, 0.717) is 31.5 Å². The van der Waals surface area contributed by atoms with Crippen LogP contribution >= 0.6 is 0 Å². The van der Waals surface area contributed by atoms with E-state index in [1.807, 2.05) is 12.1 Å². The lowest BCUT2D eigenvalue weighted by Crippen LogP contribution is -2.40. The Kier molecular flexibility index (Phi) is 7.66. The molecule has 1 atom stereocenters. The van der Waals surface area contributed by atoms with Crippen molar-refractivity contribution in [3.05, 3.63) is 54.0 Å². The lowest BCUT2D eigenvalue weighted by Gasteiger charge is -2.14. The fourth-order valence-corrected chi connectivity index (χ4v) is 2.80. The number of rotatable bonds is 9. The van der Waals surface area contributed by atoms with E-state index in [-0.39, 0.29) is 12.4 Å². The fourth-order valence-electron chi connectivity index (χ4n) is 2.80. The summed E-state index contributed by atoms with van der Waals surface area (Å²) in [5.74, 6) is 0.650. The molecular formula is C20H25F2N3O3. The number of benzene rings is 1. The number of aliphatic imine (C=N–C) groups is 1. The Hall–Kier alpha value is -2.61. The molecule has 2 heterocycles. The van der Waals surface area contributed by atoms with Crippen LogP contribution in [0.2, 0.25) is 0 Å². The van der Waals surface area contributed by atoms with Crippen molar-refractivity contribution >= 4 is 5.96 Å². The predicted molar refractivity (Wildman–Crippen MR) is 101 cm³/mol. The van der Waals surface area contributed by atoms with Gasteiger partial charge in [0, 0.05) is 38.1 Å². The van der Waals surface area contributed by atoms with Crippen LogP contribution in [0.5, 0.6) is 5.75 Å². The Bertz CT molecular complexity index is 747. The topological polar surface area (TPSA) is 68.0 Å². The number of guanidine groups is 1. The maximum atomic E-state index is 13.6. The van der Waals surface area contributed by atoms with Crippen LogP contribution in [-0.4, -0.2) is 45.4 Å². The molecule has 2 aromatic rings. The molecular weight excluding hydrogens is 368 g/mol. The number of ether oxygens (including phenoxy) is 2. The van der Waals surface area contributed by atoms with E-state index in [0.717, 1.165) is 37.9 Å². The van der Waals surface area contributed by atoms with Crippen molar-refractivity contribution in [3.8, 4) is 5.75 Å². The normalized spacial score (nSPS) is 16.9. The van der Waals surface area contributed by atoms with Gasteiger partial charge in [-0.05, 0) is 30.7 Å². The molecule has 3 rings (SSSR count). The zero-order valence-corrected chi connectivity index (χ0v) is 15.6. The average molecular weight is 393 g/mol. The van der Waals surface area contributed by atoms with Crippen LogP contribution in [0.4, 0.5) is 8.78 Å². The Morgan fingerprint density at radius 3 is 2.86 bits per heavy atom. The summed E-state index contributed by atoms with van der Waals surface area (Å²) in [6, 6.07) is 7.02. The van der Waals surface area contributed by atoms with E-state index in [1.54, 1.807) is 6.26 Å². The minimum absolute atomic E-state index is 0.0237. The maximum Gasteiger partial charge on any atom is 0.191 e. The van der Waals surface area contributed by atoms with Gasteiger partial charge in [0.25, 0.3) is 0 Å². The van der Waals surface area contributed by atoms with E-state index in [1.165, 1.54) is 12.1 Å². The molecule has 1 aromatic carbocycles. The number of halogens is 2. The van der Waals surface area contributed by atoms with Gasteiger partial charge in [-0.15, -0.1) is 0 Å². The minimum Gasteiger partial charge on any atom is -0.489 e. The number of hydrogen-bond acceptors (Lipinski definition) is 4. The second-order valence-electron chi connectivity index (χ2n) is 6.53. The number of furan rings is 1. The smallest absolute Gasteiger partial charge is 0.191 e. The van der Waals surface area contributed by atoms with Crippen LogP contribution in [0, 0.1) is 17.6 Å². The second kappa shape index (κ2) is 10.7. The van der Waals surface area contributed by atoms with Gasteiger partial charge in [0.15, 0.2) is 17.5 Å². The Labute approximate surface area is 162 Å². The summed E-state index contributed by atoms with van der Waals surface area (Å²) in [5.41, 5.74) is 0. The Balaban J connectivity index is 1.45. The highest BCUT2D eigenvalue weighted by Gasteiger charge is 2.15. The largest absolute Gasteiger partial charge is 0.489 e. The number of nitrogens with one attached hydrogen (secondary N) is 2.